The van der Waals surface area contributed by atoms with E-state index in [1.165, 1.54) is 23.2 Å². The van der Waals surface area contributed by atoms with Crippen molar-refractivity contribution in [3.8, 4) is 11.3 Å². The van der Waals surface area contributed by atoms with Gasteiger partial charge in [0.05, 0.1) is 11.1 Å². The predicted octanol–water partition coefficient (Wildman–Crippen LogP) is 5.23. The monoisotopic (exact) mass is 466 g/mol. The maximum Gasteiger partial charge on any atom is 0.275 e. The van der Waals surface area contributed by atoms with Crippen LogP contribution in [0.3, 0.4) is 0 Å². The van der Waals surface area contributed by atoms with E-state index in [1.807, 2.05) is 51.1 Å². The molecule has 6 heteroatoms. The van der Waals surface area contributed by atoms with Gasteiger partial charge in [-0.3, -0.25) is 9.59 Å². The largest absolute Gasteiger partial charge is 0.372 e. The Hall–Kier alpha value is -3.93. The van der Waals surface area contributed by atoms with Crippen molar-refractivity contribution in [3.05, 3.63) is 87.7 Å². The minimum absolute atomic E-state index is 0.158. The van der Waals surface area contributed by atoms with Crippen LogP contribution in [0.25, 0.3) is 22.0 Å². The van der Waals surface area contributed by atoms with Crippen LogP contribution in [0, 0.1) is 20.8 Å². The molecule has 0 radical (unpaired) electrons. The summed E-state index contributed by atoms with van der Waals surface area (Å²) >= 11 is 0. The van der Waals surface area contributed by atoms with E-state index in [4.69, 9.17) is 0 Å². The molecule has 0 aliphatic carbocycles. The second kappa shape index (κ2) is 9.37. The number of hydrogen-bond donors (Lipinski definition) is 1. The zero-order chi connectivity index (χ0) is 24.5. The summed E-state index contributed by atoms with van der Waals surface area (Å²) in [6, 6.07) is 19.7. The van der Waals surface area contributed by atoms with Crippen LogP contribution < -0.4 is 15.8 Å². The number of anilines is 2. The lowest BCUT2D eigenvalue weighted by Crippen LogP contribution is -2.30. The van der Waals surface area contributed by atoms with Gasteiger partial charge in [0.2, 0.25) is 5.91 Å². The van der Waals surface area contributed by atoms with E-state index in [1.54, 1.807) is 6.07 Å². The van der Waals surface area contributed by atoms with Gasteiger partial charge >= 0.3 is 0 Å². The number of benzene rings is 3. The van der Waals surface area contributed by atoms with E-state index in [9.17, 15) is 9.59 Å². The molecule has 1 saturated heterocycles. The second-order valence-corrected chi connectivity index (χ2v) is 9.42. The van der Waals surface area contributed by atoms with Crippen LogP contribution in [0.4, 0.5) is 11.4 Å². The van der Waals surface area contributed by atoms with Crippen LogP contribution in [-0.2, 0) is 11.3 Å². The Morgan fingerprint density at radius 3 is 2.40 bits per heavy atom. The highest BCUT2D eigenvalue weighted by atomic mass is 16.2. The first-order valence-corrected chi connectivity index (χ1v) is 12.1. The van der Waals surface area contributed by atoms with Gasteiger partial charge in [0, 0.05) is 35.4 Å². The third-order valence-electron chi connectivity index (χ3n) is 6.76. The molecule has 0 unspecified atom stereocenters. The van der Waals surface area contributed by atoms with Crippen molar-refractivity contribution in [1.82, 2.24) is 9.78 Å². The molecule has 0 bridgehead atoms. The molecule has 3 aromatic carbocycles. The van der Waals surface area contributed by atoms with Crippen molar-refractivity contribution < 1.29 is 4.79 Å². The summed E-state index contributed by atoms with van der Waals surface area (Å²) in [4.78, 5) is 28.6. The lowest BCUT2D eigenvalue weighted by molar-refractivity contribution is -0.117. The van der Waals surface area contributed by atoms with Crippen LogP contribution >= 0.6 is 0 Å². The van der Waals surface area contributed by atoms with Crippen molar-refractivity contribution in [2.45, 2.75) is 40.2 Å². The molecule has 2 heterocycles. The van der Waals surface area contributed by atoms with Crippen molar-refractivity contribution in [1.29, 1.82) is 0 Å². The average Bonchev–Trinajstić information content (AvgIpc) is 3.39. The highest BCUT2D eigenvalue weighted by Crippen LogP contribution is 2.29. The molecule has 0 spiro atoms. The third kappa shape index (κ3) is 4.56. The van der Waals surface area contributed by atoms with Crippen LogP contribution in [0.1, 0.15) is 29.5 Å². The van der Waals surface area contributed by atoms with Crippen molar-refractivity contribution >= 4 is 28.1 Å². The Kier molecular flexibility index (Phi) is 6.12. The first-order valence-electron chi connectivity index (χ1n) is 12.1. The molecule has 35 heavy (non-hydrogen) atoms. The van der Waals surface area contributed by atoms with Gasteiger partial charge < -0.3 is 10.2 Å². The smallest absolute Gasteiger partial charge is 0.275 e. The number of nitrogens with one attached hydrogen (secondary N) is 1. The molecule has 6 nitrogen and oxygen atoms in total. The maximum atomic E-state index is 13.2. The predicted molar refractivity (Wildman–Crippen MR) is 142 cm³/mol. The Bertz CT molecular complexity index is 1480. The number of aromatic nitrogens is 2. The van der Waals surface area contributed by atoms with Crippen molar-refractivity contribution in [2.75, 3.05) is 23.3 Å². The summed E-state index contributed by atoms with van der Waals surface area (Å²) < 4.78 is 1.28. The van der Waals surface area contributed by atoms with E-state index in [-0.39, 0.29) is 18.0 Å². The van der Waals surface area contributed by atoms with Gasteiger partial charge in [-0.15, -0.1) is 0 Å². The van der Waals surface area contributed by atoms with Gasteiger partial charge in [-0.1, -0.05) is 35.9 Å². The number of carbonyl (C=O) groups excluding carboxylic acids is 1. The summed E-state index contributed by atoms with van der Waals surface area (Å²) in [5.41, 5.74) is 6.51. The first kappa shape index (κ1) is 22.8. The molecular formula is C29H30N4O2. The highest BCUT2D eigenvalue weighted by Gasteiger charge is 2.17. The average molecular weight is 467 g/mol. The third-order valence-corrected chi connectivity index (χ3v) is 6.76. The number of hydrogen-bond acceptors (Lipinski definition) is 4. The van der Waals surface area contributed by atoms with Gasteiger partial charge in [0.1, 0.15) is 6.54 Å². The molecule has 0 atom stereocenters. The Labute approximate surface area is 205 Å². The van der Waals surface area contributed by atoms with E-state index in [2.05, 4.69) is 39.6 Å². The standard InChI is InChI=1S/C29H30N4O2/c1-19-10-11-20(2)25(16-19)28-23-8-4-5-9-24(23)29(35)33(31-28)18-27(34)30-26-13-12-22(17-21(26)3)32-14-6-7-15-32/h4-5,8-13,16-17H,6-7,14-15,18H2,1-3H3,(H,30,34). The van der Waals surface area contributed by atoms with Gasteiger partial charge in [-0.2, -0.15) is 5.10 Å². The first-order chi connectivity index (χ1) is 16.9. The Morgan fingerprint density at radius 2 is 1.66 bits per heavy atom. The molecule has 1 aliphatic heterocycles. The lowest BCUT2D eigenvalue weighted by Gasteiger charge is -2.19. The quantitative estimate of drug-likeness (QED) is 0.437. The maximum absolute atomic E-state index is 13.2. The van der Waals surface area contributed by atoms with Crippen molar-refractivity contribution in [2.24, 2.45) is 0 Å². The Balaban J connectivity index is 1.46. The fourth-order valence-corrected chi connectivity index (χ4v) is 4.82. The zero-order valence-corrected chi connectivity index (χ0v) is 20.5. The second-order valence-electron chi connectivity index (χ2n) is 9.42. The molecule has 5 rings (SSSR count). The van der Waals surface area contributed by atoms with E-state index in [0.717, 1.165) is 46.4 Å². The fourth-order valence-electron chi connectivity index (χ4n) is 4.82. The summed E-state index contributed by atoms with van der Waals surface area (Å²) in [6.07, 6.45) is 2.43. The number of carbonyl (C=O) groups is 1. The molecule has 1 N–H and O–H groups in total. The van der Waals surface area contributed by atoms with Gasteiger partial charge in [-0.25, -0.2) is 4.68 Å². The Morgan fingerprint density at radius 1 is 0.914 bits per heavy atom. The minimum atomic E-state index is -0.279. The van der Waals surface area contributed by atoms with E-state index in [0.29, 0.717) is 11.1 Å². The van der Waals surface area contributed by atoms with E-state index < -0.39 is 0 Å². The molecule has 4 aromatic rings. The molecule has 1 amide bonds. The molecule has 1 aromatic heterocycles. The van der Waals surface area contributed by atoms with Gasteiger partial charge in [0.25, 0.3) is 5.56 Å². The van der Waals surface area contributed by atoms with E-state index >= 15 is 0 Å². The minimum Gasteiger partial charge on any atom is -0.372 e. The molecule has 1 aliphatic rings. The zero-order valence-electron chi connectivity index (χ0n) is 20.5. The molecular weight excluding hydrogens is 436 g/mol. The highest BCUT2D eigenvalue weighted by molar-refractivity contribution is 5.95. The summed E-state index contributed by atoms with van der Waals surface area (Å²) in [5.74, 6) is -0.279. The van der Waals surface area contributed by atoms with Crippen LogP contribution in [0.15, 0.2) is 65.5 Å². The van der Waals surface area contributed by atoms with Crippen LogP contribution in [-0.4, -0.2) is 28.8 Å². The van der Waals surface area contributed by atoms with Crippen molar-refractivity contribution in [3.63, 3.8) is 0 Å². The fraction of sp³-hybridized carbons (Fsp3) is 0.276. The normalized spacial score (nSPS) is 13.4. The van der Waals surface area contributed by atoms with Crippen LogP contribution in [0.5, 0.6) is 0 Å². The topological polar surface area (TPSA) is 67.2 Å². The number of aryl methyl sites for hydroxylation is 3. The molecule has 0 saturated carbocycles. The number of fused-ring (bicyclic) bond motifs is 1. The van der Waals surface area contributed by atoms with Crippen LogP contribution in [0.2, 0.25) is 0 Å². The number of rotatable bonds is 5. The molecule has 1 fully saturated rings. The lowest BCUT2D eigenvalue weighted by atomic mass is 9.99. The summed E-state index contributed by atoms with van der Waals surface area (Å²) in [7, 11) is 0. The SMILES string of the molecule is Cc1ccc(C)c(-c2nn(CC(=O)Nc3ccc(N4CCCC4)cc3C)c(=O)c3ccccc23)c1. The number of nitrogens with zero attached hydrogens (tertiary/aromatic N) is 3. The summed E-state index contributed by atoms with van der Waals surface area (Å²) in [6.45, 7) is 8.05. The molecule has 178 valence electrons. The summed E-state index contributed by atoms with van der Waals surface area (Å²) in [5, 5.41) is 9.00. The number of amides is 1. The van der Waals surface area contributed by atoms with Gasteiger partial charge in [-0.05, 0) is 75.1 Å². The van der Waals surface area contributed by atoms with Gasteiger partial charge in [0.15, 0.2) is 0 Å².